The predicted octanol–water partition coefficient (Wildman–Crippen LogP) is 1.77. The zero-order chi connectivity index (χ0) is 22.0. The van der Waals surface area contributed by atoms with Crippen LogP contribution in [0.4, 0.5) is 0 Å². The normalized spacial score (nSPS) is 17.5. The number of hydrogen-bond acceptors (Lipinski definition) is 4. The van der Waals surface area contributed by atoms with Gasteiger partial charge in [-0.3, -0.25) is 24.5 Å². The van der Waals surface area contributed by atoms with E-state index >= 15 is 0 Å². The number of hydrogen-bond donors (Lipinski definition) is 2. The van der Waals surface area contributed by atoms with Gasteiger partial charge in [0.25, 0.3) is 11.8 Å². The first-order chi connectivity index (χ1) is 14.9. The van der Waals surface area contributed by atoms with Gasteiger partial charge in [-0.25, -0.2) is 0 Å². The first-order valence-electron chi connectivity index (χ1n) is 9.72. The number of benzene rings is 2. The van der Waals surface area contributed by atoms with E-state index in [2.05, 4.69) is 22.5 Å². The van der Waals surface area contributed by atoms with E-state index in [-0.39, 0.29) is 24.8 Å². The van der Waals surface area contributed by atoms with E-state index in [1.54, 1.807) is 36.4 Å². The Hall–Kier alpha value is -3.63. The second-order valence-corrected chi connectivity index (χ2v) is 7.77. The molecule has 2 aromatic carbocycles. The Morgan fingerprint density at radius 1 is 1.16 bits per heavy atom. The Morgan fingerprint density at radius 2 is 1.94 bits per heavy atom. The van der Waals surface area contributed by atoms with Crippen LogP contribution in [0.5, 0.6) is 0 Å². The van der Waals surface area contributed by atoms with E-state index in [4.69, 9.17) is 11.6 Å². The molecule has 2 heterocycles. The van der Waals surface area contributed by atoms with Gasteiger partial charge in [-0.1, -0.05) is 29.7 Å². The summed E-state index contributed by atoms with van der Waals surface area (Å²) in [5, 5.41) is 5.61. The molecular weight excluding hydrogens is 418 g/mol. The molecule has 1 fully saturated rings. The first-order valence-corrected chi connectivity index (χ1v) is 10.1. The summed E-state index contributed by atoms with van der Waals surface area (Å²) in [5.74, 6) is 3.89. The topological polar surface area (TPSA) is 95.6 Å². The number of carbonyl (C=O) groups is 4. The van der Waals surface area contributed by atoms with Crippen molar-refractivity contribution in [3.63, 3.8) is 0 Å². The fourth-order valence-corrected chi connectivity index (χ4v) is 3.75. The number of amides is 4. The van der Waals surface area contributed by atoms with Crippen LogP contribution in [0.3, 0.4) is 0 Å². The lowest BCUT2D eigenvalue weighted by atomic mass is 10.0. The van der Waals surface area contributed by atoms with Crippen LogP contribution in [-0.2, 0) is 27.5 Å². The summed E-state index contributed by atoms with van der Waals surface area (Å²) in [7, 11) is 0. The van der Waals surface area contributed by atoms with Crippen molar-refractivity contribution in [2.45, 2.75) is 32.0 Å². The summed E-state index contributed by atoms with van der Waals surface area (Å²) in [6, 6.07) is 11.5. The Morgan fingerprint density at radius 3 is 2.68 bits per heavy atom. The minimum absolute atomic E-state index is 0.213. The van der Waals surface area contributed by atoms with Crippen molar-refractivity contribution in [1.82, 2.24) is 15.5 Å². The smallest absolute Gasteiger partial charge is 0.296 e. The average Bonchev–Trinajstić information content (AvgIpc) is 3.07. The van der Waals surface area contributed by atoms with Gasteiger partial charge in [0.05, 0.1) is 0 Å². The molecule has 2 N–H and O–H groups in total. The highest BCUT2D eigenvalue weighted by Gasteiger charge is 2.38. The summed E-state index contributed by atoms with van der Waals surface area (Å²) in [6.45, 7) is 0.548. The van der Waals surface area contributed by atoms with Crippen LogP contribution in [0.2, 0.25) is 5.02 Å². The third kappa shape index (κ3) is 4.60. The van der Waals surface area contributed by atoms with E-state index in [1.165, 1.54) is 4.90 Å². The van der Waals surface area contributed by atoms with Crippen molar-refractivity contribution in [2.75, 3.05) is 0 Å². The Kier molecular flexibility index (Phi) is 5.74. The predicted molar refractivity (Wildman–Crippen MR) is 113 cm³/mol. The summed E-state index contributed by atoms with van der Waals surface area (Å²) in [5.41, 5.74) is 2.82. The molecule has 0 aromatic heterocycles. The highest BCUT2D eigenvalue weighted by atomic mass is 35.5. The minimum Gasteiger partial charge on any atom is -0.341 e. The lowest BCUT2D eigenvalue weighted by Crippen LogP contribution is -2.52. The maximum Gasteiger partial charge on any atom is 0.296 e. The molecule has 2 aliphatic rings. The minimum atomic E-state index is -0.649. The second kappa shape index (κ2) is 8.62. The average molecular weight is 436 g/mol. The van der Waals surface area contributed by atoms with Crippen molar-refractivity contribution in [2.24, 2.45) is 0 Å². The molecule has 0 spiro atoms. The number of halogens is 1. The zero-order valence-electron chi connectivity index (χ0n) is 16.4. The molecule has 0 aliphatic carbocycles. The van der Waals surface area contributed by atoms with Crippen molar-refractivity contribution in [3.8, 4) is 11.8 Å². The fourth-order valence-electron chi connectivity index (χ4n) is 3.63. The number of rotatable bonds is 3. The monoisotopic (exact) mass is 435 g/mol. The molecule has 4 amide bonds. The Balaban J connectivity index is 1.38. The van der Waals surface area contributed by atoms with Crippen LogP contribution in [0.15, 0.2) is 42.5 Å². The van der Waals surface area contributed by atoms with Crippen LogP contribution >= 0.6 is 11.6 Å². The molecule has 0 bridgehead atoms. The van der Waals surface area contributed by atoms with Crippen LogP contribution in [0.1, 0.15) is 39.9 Å². The number of fused-ring (bicyclic) bond motifs is 1. The number of nitrogens with one attached hydrogen (secondary N) is 2. The van der Waals surface area contributed by atoms with Gasteiger partial charge in [0.2, 0.25) is 11.8 Å². The number of imide groups is 1. The molecule has 1 unspecified atom stereocenters. The molecule has 8 heteroatoms. The molecule has 1 saturated heterocycles. The molecule has 156 valence electrons. The van der Waals surface area contributed by atoms with Crippen LogP contribution in [0, 0.1) is 11.8 Å². The van der Waals surface area contributed by atoms with Crippen LogP contribution in [0.25, 0.3) is 0 Å². The maximum atomic E-state index is 12.7. The molecule has 1 atom stereocenters. The second-order valence-electron chi connectivity index (χ2n) is 7.33. The number of carbonyl (C=O) groups excluding carboxylic acids is 4. The van der Waals surface area contributed by atoms with E-state index in [1.807, 2.05) is 6.07 Å². The van der Waals surface area contributed by atoms with Crippen molar-refractivity contribution in [3.05, 3.63) is 69.7 Å². The van der Waals surface area contributed by atoms with E-state index in [0.717, 1.165) is 11.1 Å². The van der Waals surface area contributed by atoms with Gasteiger partial charge >= 0.3 is 0 Å². The zero-order valence-corrected chi connectivity index (χ0v) is 17.2. The largest absolute Gasteiger partial charge is 0.341 e. The maximum absolute atomic E-state index is 12.7. The van der Waals surface area contributed by atoms with Crippen molar-refractivity contribution >= 4 is 35.2 Å². The molecule has 2 aromatic rings. The highest BCUT2D eigenvalue weighted by molar-refractivity contribution is 6.30. The summed E-state index contributed by atoms with van der Waals surface area (Å²) < 4.78 is 0. The van der Waals surface area contributed by atoms with Gasteiger partial charge in [0, 0.05) is 41.6 Å². The van der Waals surface area contributed by atoms with Crippen LogP contribution in [-0.4, -0.2) is 34.6 Å². The molecule has 2 aliphatic heterocycles. The first kappa shape index (κ1) is 20.6. The van der Waals surface area contributed by atoms with Gasteiger partial charge in [0.1, 0.15) is 6.04 Å². The highest BCUT2D eigenvalue weighted by Crippen LogP contribution is 2.28. The molecule has 31 heavy (non-hydrogen) atoms. The van der Waals surface area contributed by atoms with Crippen LogP contribution < -0.4 is 10.6 Å². The fraction of sp³-hybridized carbons (Fsp3) is 0.217. The molecule has 7 nitrogen and oxygen atoms in total. The Bertz CT molecular complexity index is 1150. The summed E-state index contributed by atoms with van der Waals surface area (Å²) >= 11 is 5.82. The van der Waals surface area contributed by atoms with Crippen molar-refractivity contribution < 1.29 is 19.2 Å². The van der Waals surface area contributed by atoms with E-state index in [0.29, 0.717) is 29.1 Å². The lowest BCUT2D eigenvalue weighted by Gasteiger charge is -2.29. The molecule has 0 radical (unpaired) electrons. The van der Waals surface area contributed by atoms with E-state index < -0.39 is 17.9 Å². The standard InChI is InChI=1S/C23H18ClN3O4/c24-17-5-1-14(2-6-17)4-9-20(28)25-12-15-3-7-18-16(11-15)13-27(23(18)31)19-8-10-21(29)26-22(19)30/h1-3,5-7,11,19H,8,10,12-13H2,(H,25,28)(H,26,29,30). The molecule has 4 rings (SSSR count). The Labute approximate surface area is 183 Å². The quantitative estimate of drug-likeness (QED) is 0.567. The van der Waals surface area contributed by atoms with Gasteiger partial charge in [-0.15, -0.1) is 0 Å². The van der Waals surface area contributed by atoms with E-state index in [9.17, 15) is 19.2 Å². The van der Waals surface area contributed by atoms with Crippen molar-refractivity contribution in [1.29, 1.82) is 0 Å². The van der Waals surface area contributed by atoms with Gasteiger partial charge < -0.3 is 10.2 Å². The lowest BCUT2D eigenvalue weighted by molar-refractivity contribution is -0.137. The van der Waals surface area contributed by atoms with Gasteiger partial charge in [-0.05, 0) is 47.9 Å². The summed E-state index contributed by atoms with van der Waals surface area (Å²) in [6.07, 6.45) is 0.532. The third-order valence-electron chi connectivity index (χ3n) is 5.21. The summed E-state index contributed by atoms with van der Waals surface area (Å²) in [4.78, 5) is 49.7. The molecular formula is C23H18ClN3O4. The number of nitrogens with zero attached hydrogens (tertiary/aromatic N) is 1. The molecule has 0 saturated carbocycles. The van der Waals surface area contributed by atoms with Gasteiger partial charge in [-0.2, -0.15) is 0 Å². The SMILES string of the molecule is O=C(C#Cc1ccc(Cl)cc1)NCc1ccc2c(c1)CN(C1CCC(=O)NC1=O)C2=O. The van der Waals surface area contributed by atoms with Gasteiger partial charge in [0.15, 0.2) is 0 Å². The third-order valence-corrected chi connectivity index (χ3v) is 5.46. The number of piperidine rings is 1.